The molecule has 4 aliphatic rings. The topological polar surface area (TPSA) is 231 Å². The first-order valence-corrected chi connectivity index (χ1v) is 35.0. The van der Waals surface area contributed by atoms with Crippen LogP contribution in [-0.2, 0) is 34.6 Å². The number of aromatic carboxylic acids is 1. The third-order valence-electron chi connectivity index (χ3n) is 17.3. The molecule has 0 fully saturated rings. The molecular formula is C75H86ClN6O14S+. The number of esters is 1. The molecule has 20 nitrogen and oxygen atoms in total. The van der Waals surface area contributed by atoms with Crippen molar-refractivity contribution in [2.45, 2.75) is 71.8 Å². The Labute approximate surface area is 571 Å². The quantitative estimate of drug-likeness (QED) is 0.00810. The van der Waals surface area contributed by atoms with Crippen LogP contribution in [0.3, 0.4) is 0 Å². The standard InChI is InChI=1S/C47H59ClN4O9S.C28H26N2O5/c1-5-50(6-2)35-20-19-34-30-38(46(55)61-41(34)31-35)43-33-47(40-22-21-36(32-42(40)60-43)51(7-3)8-4)39-17-12-11-16-37(39)45(54)52(47)62(56,57)29-15-18-44(53)49-24-26-59-28-27-58-25-14-10-9-13-23-48;1-6-13-34-28(33)17-7-10-20(27(31)32)23(14-17)26-21-11-8-18(29(2)3)15-24(21)35-25-16-19(30(4)5)9-12-22(25)26/h11-12,16-17,19-22,30-33H,5-10,13-15,18,23-29H2,1-4H3,(H,49,53);6-12,14-16H,1,13H2,2-5H3/p+1. The van der Waals surface area contributed by atoms with Gasteiger partial charge in [-0.25, -0.2) is 31.7 Å². The SMILES string of the molecule is C=CCOC(=O)c1ccc(C(=O)O)c(-c2c3ccc(=[N+](C)C)cc-3oc3cc(N(C)C)ccc23)c1.CCN(CC)c1ccc2c(c1)OC(c1cc3ccc(N(CC)CC)cc3oc1=O)=CC21c2ccccc2C(=O)N1S(=O)(=O)CCCC(=O)NCCOCCOCCCCCCCl. The van der Waals surface area contributed by atoms with Crippen molar-refractivity contribution in [3.63, 3.8) is 0 Å². The van der Waals surface area contributed by atoms with E-state index in [1.54, 1.807) is 48.5 Å². The molecule has 97 heavy (non-hydrogen) atoms. The number of carbonyl (C=O) groups excluding carboxylic acids is 3. The number of hydrogen-bond donors (Lipinski definition) is 2. The summed E-state index contributed by atoms with van der Waals surface area (Å²) >= 11 is 5.71. The lowest BCUT2D eigenvalue weighted by Gasteiger charge is -2.40. The lowest BCUT2D eigenvalue weighted by molar-refractivity contribution is -0.121. The van der Waals surface area contributed by atoms with Gasteiger partial charge < -0.3 is 52.9 Å². The fraction of sp³-hybridized carbons (Fsp3) is 0.360. The second-order valence-corrected chi connectivity index (χ2v) is 26.2. The second-order valence-electron chi connectivity index (χ2n) is 23.9. The lowest BCUT2D eigenvalue weighted by atomic mass is 9.80. The van der Waals surface area contributed by atoms with Crippen molar-refractivity contribution in [2.75, 3.05) is 120 Å². The summed E-state index contributed by atoms with van der Waals surface area (Å²) in [7, 11) is 3.32. The summed E-state index contributed by atoms with van der Waals surface area (Å²) in [5.41, 5.74) is 4.51. The molecule has 1 atom stereocenters. The maximum absolute atomic E-state index is 14.7. The molecule has 5 aromatic carbocycles. The van der Waals surface area contributed by atoms with Crippen LogP contribution in [0.15, 0.2) is 154 Å². The number of nitrogens with one attached hydrogen (secondary N) is 1. The number of amides is 2. The minimum absolute atomic E-state index is 0.0471. The third kappa shape index (κ3) is 16.1. The predicted molar refractivity (Wildman–Crippen MR) is 382 cm³/mol. The Morgan fingerprint density at radius 2 is 1.40 bits per heavy atom. The lowest BCUT2D eigenvalue weighted by Crippen LogP contribution is -2.49. The zero-order valence-electron chi connectivity index (χ0n) is 56.4. The molecule has 10 rings (SSSR count). The van der Waals surface area contributed by atoms with Crippen molar-refractivity contribution in [2.24, 2.45) is 0 Å². The molecule has 1 aliphatic carbocycles. The van der Waals surface area contributed by atoms with E-state index < -0.39 is 44.8 Å². The maximum atomic E-state index is 14.7. The smallest absolute Gasteiger partial charge is 0.347 e. The van der Waals surface area contributed by atoms with E-state index in [2.05, 4.69) is 35.5 Å². The number of ether oxygens (including phenoxy) is 4. The molecular weight excluding hydrogens is 1280 g/mol. The average molecular weight is 1360 g/mol. The van der Waals surface area contributed by atoms with Gasteiger partial charge >= 0.3 is 17.6 Å². The number of carboxylic acid groups (broad SMARTS) is 1. The highest BCUT2D eigenvalue weighted by molar-refractivity contribution is 7.89. The Hall–Kier alpha value is -9.28. The molecule has 0 radical (unpaired) electrons. The number of alkyl halides is 1. The van der Waals surface area contributed by atoms with Gasteiger partial charge in [0.1, 0.15) is 60.2 Å². The highest BCUT2D eigenvalue weighted by Gasteiger charge is 2.58. The van der Waals surface area contributed by atoms with Gasteiger partial charge in [-0.15, -0.1) is 11.6 Å². The number of halogens is 1. The van der Waals surface area contributed by atoms with E-state index in [1.807, 2.05) is 118 Å². The predicted octanol–water partition coefficient (Wildman–Crippen LogP) is 12.0. The van der Waals surface area contributed by atoms with Gasteiger partial charge in [-0.2, -0.15) is 0 Å². The summed E-state index contributed by atoms with van der Waals surface area (Å²) in [5, 5.41) is 15.1. The monoisotopic (exact) mass is 1360 g/mol. The average Bonchev–Trinajstić information content (AvgIpc) is 1.56. The minimum Gasteiger partial charge on any atom is -0.478 e. The molecule has 6 aromatic rings. The van der Waals surface area contributed by atoms with Crippen molar-refractivity contribution >= 4 is 90.1 Å². The van der Waals surface area contributed by atoms with E-state index in [0.717, 1.165) is 76.4 Å². The summed E-state index contributed by atoms with van der Waals surface area (Å²) in [6.07, 6.45) is 7.05. The van der Waals surface area contributed by atoms with Crippen LogP contribution in [-0.4, -0.2) is 147 Å². The number of sulfonamides is 1. The Bertz CT molecular complexity index is 4460. The fourth-order valence-electron chi connectivity index (χ4n) is 12.2. The second kappa shape index (κ2) is 32.6. The molecule has 3 aliphatic heterocycles. The largest absolute Gasteiger partial charge is 0.478 e. The zero-order chi connectivity index (χ0) is 69.6. The molecule has 0 saturated heterocycles. The Kier molecular flexibility index (Phi) is 24.2. The van der Waals surface area contributed by atoms with E-state index in [-0.39, 0.29) is 66.5 Å². The molecule has 0 saturated carbocycles. The van der Waals surface area contributed by atoms with Crippen molar-refractivity contribution in [1.29, 1.82) is 0 Å². The van der Waals surface area contributed by atoms with Crippen LogP contribution in [0.25, 0.3) is 50.1 Å². The summed E-state index contributed by atoms with van der Waals surface area (Å²) in [6.45, 7) is 16.8. The van der Waals surface area contributed by atoms with Gasteiger partial charge in [-0.1, -0.05) is 49.8 Å². The molecule has 512 valence electrons. The molecule has 2 amide bonds. The van der Waals surface area contributed by atoms with Crippen molar-refractivity contribution in [3.8, 4) is 28.2 Å². The minimum atomic E-state index is -4.43. The molecule has 1 spiro atoms. The van der Waals surface area contributed by atoms with E-state index in [9.17, 15) is 37.5 Å². The number of hydrogen-bond acceptors (Lipinski definition) is 16. The Morgan fingerprint density at radius 3 is 2.10 bits per heavy atom. The first-order chi connectivity index (χ1) is 46.7. The first-order valence-electron chi connectivity index (χ1n) is 32.9. The summed E-state index contributed by atoms with van der Waals surface area (Å²) in [5.74, 6) is -1.58. The normalized spacial score (nSPS) is 13.9. The van der Waals surface area contributed by atoms with Gasteiger partial charge in [0.25, 0.3) is 5.91 Å². The number of benzene rings is 6. The van der Waals surface area contributed by atoms with Crippen LogP contribution in [0.4, 0.5) is 17.1 Å². The molecule has 0 bridgehead atoms. The van der Waals surface area contributed by atoms with Gasteiger partial charge in [-0.3, -0.25) is 9.59 Å². The fourth-order valence-corrected chi connectivity index (χ4v) is 14.2. The van der Waals surface area contributed by atoms with Crippen molar-refractivity contribution < 1.29 is 60.5 Å². The maximum Gasteiger partial charge on any atom is 0.347 e. The highest BCUT2D eigenvalue weighted by atomic mass is 35.5. The molecule has 1 aromatic heterocycles. The van der Waals surface area contributed by atoms with Gasteiger partial charge in [0.2, 0.25) is 21.3 Å². The van der Waals surface area contributed by atoms with Crippen LogP contribution in [0.2, 0.25) is 0 Å². The van der Waals surface area contributed by atoms with Crippen LogP contribution in [0.5, 0.6) is 5.75 Å². The van der Waals surface area contributed by atoms with Crippen LogP contribution in [0, 0.1) is 0 Å². The van der Waals surface area contributed by atoms with E-state index >= 15 is 0 Å². The first kappa shape index (κ1) is 72.0. The highest BCUT2D eigenvalue weighted by Crippen LogP contribution is 2.54. The van der Waals surface area contributed by atoms with E-state index in [4.69, 9.17) is 39.4 Å². The number of unbranched alkanes of at least 4 members (excludes halogenated alkanes) is 3. The molecule has 4 heterocycles. The van der Waals surface area contributed by atoms with Crippen molar-refractivity contribution in [3.05, 3.63) is 189 Å². The Balaban J connectivity index is 0.000000265. The Morgan fingerprint density at radius 1 is 0.711 bits per heavy atom. The zero-order valence-corrected chi connectivity index (χ0v) is 58.0. The number of carbonyl (C=O) groups is 4. The van der Waals surface area contributed by atoms with Crippen molar-refractivity contribution in [1.82, 2.24) is 14.2 Å². The van der Waals surface area contributed by atoms with E-state index in [0.29, 0.717) is 89.1 Å². The summed E-state index contributed by atoms with van der Waals surface area (Å²) in [4.78, 5) is 72.4. The van der Waals surface area contributed by atoms with Gasteiger partial charge in [-0.05, 0) is 125 Å². The molecule has 2 N–H and O–H groups in total. The third-order valence-corrected chi connectivity index (χ3v) is 19.3. The number of carboxylic acids is 1. The number of rotatable bonds is 30. The number of nitrogens with zero attached hydrogens (tertiary/aromatic N) is 5. The molecule has 22 heteroatoms. The van der Waals surface area contributed by atoms with Gasteiger partial charge in [0.15, 0.2) is 0 Å². The van der Waals surface area contributed by atoms with Gasteiger partial charge in [0.05, 0.1) is 42.8 Å². The van der Waals surface area contributed by atoms with E-state index in [1.165, 1.54) is 18.2 Å². The summed E-state index contributed by atoms with van der Waals surface area (Å²) < 4.78 is 67.5. The number of anilines is 3. The number of fused-ring (bicyclic) bond motifs is 7. The molecule has 1 unspecified atom stereocenters. The van der Waals surface area contributed by atoms with Crippen LogP contribution in [0.1, 0.15) is 114 Å². The summed E-state index contributed by atoms with van der Waals surface area (Å²) in [6, 6.07) is 35.6. The van der Waals surface area contributed by atoms with Gasteiger partial charge in [0, 0.05) is 146 Å². The van der Waals surface area contributed by atoms with Crippen LogP contribution >= 0.6 is 11.6 Å². The van der Waals surface area contributed by atoms with Crippen LogP contribution < -0.4 is 40.3 Å².